The molecule has 0 aliphatic heterocycles. The number of aromatic amines is 1. The number of benzene rings is 1. The molecule has 0 aliphatic carbocycles. The first-order valence-corrected chi connectivity index (χ1v) is 4.90. The van der Waals surface area contributed by atoms with Gasteiger partial charge < -0.3 is 14.5 Å². The molecule has 0 amide bonds. The number of pyridine rings is 1. The molecule has 2 aromatic heterocycles. The van der Waals surface area contributed by atoms with Gasteiger partial charge in [-0.2, -0.15) is 0 Å². The van der Waals surface area contributed by atoms with Crippen molar-refractivity contribution in [3.05, 3.63) is 40.3 Å². The lowest BCUT2D eigenvalue weighted by Crippen LogP contribution is -2.02. The van der Waals surface area contributed by atoms with Crippen LogP contribution in [0.3, 0.4) is 0 Å². The number of hydrogen-bond acceptors (Lipinski definition) is 3. The van der Waals surface area contributed by atoms with Crippen LogP contribution in [-0.4, -0.2) is 10.1 Å². The van der Waals surface area contributed by atoms with Gasteiger partial charge in [-0.15, -0.1) is 0 Å². The predicted molar refractivity (Wildman–Crippen MR) is 60.7 cm³/mol. The Bertz CT molecular complexity index is 752. The lowest BCUT2D eigenvalue weighted by Gasteiger charge is -1.96. The normalized spacial score (nSPS) is 11.3. The topological polar surface area (TPSA) is 66.2 Å². The molecule has 3 aromatic rings. The third-order valence-electron chi connectivity index (χ3n) is 2.71. The maximum Gasteiger partial charge on any atom is 0.259 e. The Hall–Kier alpha value is -2.23. The van der Waals surface area contributed by atoms with Gasteiger partial charge in [-0.1, -0.05) is 0 Å². The van der Waals surface area contributed by atoms with Gasteiger partial charge in [0.15, 0.2) is 0 Å². The zero-order valence-electron chi connectivity index (χ0n) is 8.57. The molecule has 1 aromatic carbocycles. The van der Waals surface area contributed by atoms with Crippen molar-refractivity contribution in [2.75, 3.05) is 0 Å². The Morgan fingerprint density at radius 3 is 2.94 bits per heavy atom. The molecule has 16 heavy (non-hydrogen) atoms. The summed E-state index contributed by atoms with van der Waals surface area (Å²) in [4.78, 5) is 14.3. The fourth-order valence-corrected chi connectivity index (χ4v) is 1.88. The molecule has 0 radical (unpaired) electrons. The van der Waals surface area contributed by atoms with Crippen molar-refractivity contribution < 1.29 is 9.52 Å². The number of phenolic OH excluding ortho intramolecular Hbond substituents is 1. The molecule has 0 bridgehead atoms. The van der Waals surface area contributed by atoms with Gasteiger partial charge in [0.25, 0.3) is 5.56 Å². The second-order valence-electron chi connectivity index (χ2n) is 3.78. The van der Waals surface area contributed by atoms with E-state index in [1.165, 1.54) is 6.07 Å². The standard InChI is InChI=1S/C12H9NO3/c1-6-4-7-10(5-8(6)14)16-9-2-3-13-12(15)11(7)9/h2-5,14H,1H3,(H,13,15). The van der Waals surface area contributed by atoms with Crippen LogP contribution < -0.4 is 5.56 Å². The summed E-state index contributed by atoms with van der Waals surface area (Å²) >= 11 is 0. The van der Waals surface area contributed by atoms with Crippen LogP contribution in [0.25, 0.3) is 21.9 Å². The van der Waals surface area contributed by atoms with Crippen LogP contribution in [0.15, 0.2) is 33.6 Å². The molecule has 0 unspecified atom stereocenters. The molecule has 0 atom stereocenters. The third kappa shape index (κ3) is 1.07. The highest BCUT2D eigenvalue weighted by atomic mass is 16.3. The smallest absolute Gasteiger partial charge is 0.259 e. The summed E-state index contributed by atoms with van der Waals surface area (Å²) < 4.78 is 5.49. The van der Waals surface area contributed by atoms with E-state index in [9.17, 15) is 9.90 Å². The van der Waals surface area contributed by atoms with Gasteiger partial charge in [0.05, 0.1) is 5.39 Å². The summed E-state index contributed by atoms with van der Waals surface area (Å²) in [5, 5.41) is 10.8. The van der Waals surface area contributed by atoms with Gasteiger partial charge in [-0.3, -0.25) is 4.79 Å². The fraction of sp³-hybridized carbons (Fsp3) is 0.0833. The number of aromatic hydroxyl groups is 1. The molecule has 0 saturated heterocycles. The number of furan rings is 1. The van der Waals surface area contributed by atoms with Gasteiger partial charge in [-0.25, -0.2) is 0 Å². The molecular formula is C12H9NO3. The van der Waals surface area contributed by atoms with E-state index in [4.69, 9.17) is 4.42 Å². The van der Waals surface area contributed by atoms with E-state index in [-0.39, 0.29) is 11.3 Å². The molecular weight excluding hydrogens is 206 g/mol. The second kappa shape index (κ2) is 2.88. The molecule has 0 spiro atoms. The van der Waals surface area contributed by atoms with Crippen LogP contribution in [0.5, 0.6) is 5.75 Å². The number of fused-ring (bicyclic) bond motifs is 3. The summed E-state index contributed by atoms with van der Waals surface area (Å²) in [5.74, 6) is 0.169. The fourth-order valence-electron chi connectivity index (χ4n) is 1.88. The molecule has 0 aliphatic rings. The summed E-state index contributed by atoms with van der Waals surface area (Å²) in [6.07, 6.45) is 1.54. The lowest BCUT2D eigenvalue weighted by molar-refractivity contribution is 0.470. The lowest BCUT2D eigenvalue weighted by atomic mass is 10.1. The number of hydrogen-bond donors (Lipinski definition) is 2. The van der Waals surface area contributed by atoms with Crippen LogP contribution in [0.4, 0.5) is 0 Å². The van der Waals surface area contributed by atoms with Crippen LogP contribution in [0.1, 0.15) is 5.56 Å². The second-order valence-corrected chi connectivity index (χ2v) is 3.78. The van der Waals surface area contributed by atoms with Crippen molar-refractivity contribution in [2.45, 2.75) is 6.92 Å². The van der Waals surface area contributed by atoms with Gasteiger partial charge in [0.2, 0.25) is 0 Å². The summed E-state index contributed by atoms with van der Waals surface area (Å²) in [6, 6.07) is 4.99. The highest BCUT2D eigenvalue weighted by molar-refractivity contribution is 6.04. The number of rotatable bonds is 0. The molecule has 0 saturated carbocycles. The highest BCUT2D eigenvalue weighted by Gasteiger charge is 2.11. The predicted octanol–water partition coefficient (Wildman–Crippen LogP) is 2.29. The monoisotopic (exact) mass is 215 g/mol. The first-order chi connectivity index (χ1) is 7.66. The Morgan fingerprint density at radius 2 is 2.12 bits per heavy atom. The van der Waals surface area contributed by atoms with E-state index in [0.717, 1.165) is 10.9 Å². The average molecular weight is 215 g/mol. The van der Waals surface area contributed by atoms with Crippen LogP contribution in [-0.2, 0) is 0 Å². The summed E-state index contributed by atoms with van der Waals surface area (Å²) in [6.45, 7) is 1.78. The molecule has 80 valence electrons. The van der Waals surface area contributed by atoms with E-state index >= 15 is 0 Å². The Balaban J connectivity index is 2.64. The summed E-state index contributed by atoms with van der Waals surface area (Å²) in [5.41, 5.74) is 1.60. The zero-order chi connectivity index (χ0) is 11.3. The molecule has 3 rings (SSSR count). The molecule has 0 fully saturated rings. The van der Waals surface area contributed by atoms with Crippen molar-refractivity contribution in [1.29, 1.82) is 0 Å². The quantitative estimate of drug-likeness (QED) is 0.604. The minimum atomic E-state index is -0.179. The molecule has 4 heteroatoms. The minimum absolute atomic E-state index is 0.169. The summed E-state index contributed by atoms with van der Waals surface area (Å²) in [7, 11) is 0. The van der Waals surface area contributed by atoms with Crippen molar-refractivity contribution in [2.24, 2.45) is 0 Å². The average Bonchev–Trinajstić information content (AvgIpc) is 2.58. The Labute approximate surface area is 90.1 Å². The molecule has 4 nitrogen and oxygen atoms in total. The largest absolute Gasteiger partial charge is 0.508 e. The van der Waals surface area contributed by atoms with E-state index in [2.05, 4.69) is 4.98 Å². The maximum absolute atomic E-state index is 11.7. The van der Waals surface area contributed by atoms with Crippen LogP contribution in [0, 0.1) is 6.92 Å². The SMILES string of the molecule is Cc1cc2c(cc1O)oc1cc[nH]c(=O)c12. The Kier molecular flexibility index (Phi) is 1.63. The molecule has 2 N–H and O–H groups in total. The van der Waals surface area contributed by atoms with E-state index < -0.39 is 0 Å². The van der Waals surface area contributed by atoms with Crippen molar-refractivity contribution >= 4 is 21.9 Å². The maximum atomic E-state index is 11.7. The van der Waals surface area contributed by atoms with E-state index in [1.807, 2.05) is 0 Å². The van der Waals surface area contributed by atoms with Crippen molar-refractivity contribution in [1.82, 2.24) is 4.98 Å². The minimum Gasteiger partial charge on any atom is -0.508 e. The highest BCUT2D eigenvalue weighted by Crippen LogP contribution is 2.30. The van der Waals surface area contributed by atoms with Crippen LogP contribution >= 0.6 is 0 Å². The first-order valence-electron chi connectivity index (χ1n) is 4.90. The number of phenols is 1. The number of aromatic nitrogens is 1. The number of aryl methyl sites for hydroxylation is 1. The first kappa shape index (κ1) is 9.03. The van der Waals surface area contributed by atoms with Gasteiger partial charge in [-0.05, 0) is 24.6 Å². The Morgan fingerprint density at radius 1 is 1.31 bits per heavy atom. The van der Waals surface area contributed by atoms with Gasteiger partial charge in [0.1, 0.15) is 16.9 Å². The van der Waals surface area contributed by atoms with E-state index in [0.29, 0.717) is 16.6 Å². The van der Waals surface area contributed by atoms with Crippen LogP contribution in [0.2, 0.25) is 0 Å². The zero-order valence-corrected chi connectivity index (χ0v) is 8.57. The third-order valence-corrected chi connectivity index (χ3v) is 2.71. The van der Waals surface area contributed by atoms with Gasteiger partial charge >= 0.3 is 0 Å². The van der Waals surface area contributed by atoms with Crippen molar-refractivity contribution in [3.8, 4) is 5.75 Å². The number of nitrogens with one attached hydrogen (secondary N) is 1. The molecule has 2 heterocycles. The number of H-pyrrole nitrogens is 1. The van der Waals surface area contributed by atoms with Gasteiger partial charge in [0, 0.05) is 17.6 Å². The van der Waals surface area contributed by atoms with Crippen molar-refractivity contribution in [3.63, 3.8) is 0 Å². The van der Waals surface area contributed by atoms with E-state index in [1.54, 1.807) is 25.3 Å².